The van der Waals surface area contributed by atoms with Crippen molar-refractivity contribution in [2.24, 2.45) is 0 Å². The molecule has 0 aromatic rings. The summed E-state index contributed by atoms with van der Waals surface area (Å²) >= 11 is 0. The molecule has 0 aliphatic carbocycles. The summed E-state index contributed by atoms with van der Waals surface area (Å²) in [7, 11) is 0. The zero-order valence-electron chi connectivity index (χ0n) is 7.19. The van der Waals surface area contributed by atoms with Gasteiger partial charge in [-0.15, -0.1) is 0 Å². The van der Waals surface area contributed by atoms with Gasteiger partial charge in [0.1, 0.15) is 6.29 Å². The van der Waals surface area contributed by atoms with Crippen molar-refractivity contribution in [3.63, 3.8) is 0 Å². The number of nitrogens with zero attached hydrogens (tertiary/aromatic N) is 1. The van der Waals surface area contributed by atoms with Crippen LogP contribution in [0.2, 0.25) is 0 Å². The summed E-state index contributed by atoms with van der Waals surface area (Å²) in [6.45, 7) is 1.99. The first-order chi connectivity index (χ1) is 5.79. The van der Waals surface area contributed by atoms with Gasteiger partial charge in [0.15, 0.2) is 0 Å². The number of rotatable bonds is 3. The molecule has 0 aromatic carbocycles. The zero-order valence-corrected chi connectivity index (χ0v) is 7.19. The van der Waals surface area contributed by atoms with Crippen LogP contribution in [0.3, 0.4) is 0 Å². The van der Waals surface area contributed by atoms with Gasteiger partial charge in [-0.25, -0.2) is 0 Å². The number of carbonyl (C=O) groups excluding carboxylic acids is 2. The van der Waals surface area contributed by atoms with Crippen LogP contribution in [0.5, 0.6) is 0 Å². The molecular formula is C9H13NO2. The maximum Gasteiger partial charge on any atom is 0.227 e. The second-order valence-electron chi connectivity index (χ2n) is 2.84. The van der Waals surface area contributed by atoms with Gasteiger partial charge in [-0.2, -0.15) is 0 Å². The Balaban J connectivity index is 2.63. The molecule has 0 bridgehead atoms. The van der Waals surface area contributed by atoms with Crippen molar-refractivity contribution >= 4 is 12.2 Å². The Hall–Kier alpha value is -1.12. The zero-order chi connectivity index (χ0) is 8.97. The molecule has 1 rings (SSSR count). The Labute approximate surface area is 72.0 Å². The maximum absolute atomic E-state index is 11.2. The summed E-state index contributed by atoms with van der Waals surface area (Å²) in [6.07, 6.45) is 6.49. The Morgan fingerprint density at radius 3 is 3.00 bits per heavy atom. The van der Waals surface area contributed by atoms with Gasteiger partial charge >= 0.3 is 0 Å². The fourth-order valence-electron chi connectivity index (χ4n) is 1.27. The fourth-order valence-corrected chi connectivity index (χ4v) is 1.27. The number of amides is 1. The minimum Gasteiger partial charge on any atom is -0.309 e. The Kier molecular flexibility index (Phi) is 3.02. The normalized spacial score (nSPS) is 23.9. The van der Waals surface area contributed by atoms with Gasteiger partial charge in [-0.1, -0.05) is 13.0 Å². The maximum atomic E-state index is 11.2. The van der Waals surface area contributed by atoms with Crippen molar-refractivity contribution in [3.05, 3.63) is 12.3 Å². The standard InChI is InChI=1S/C9H13NO2/c1-2-3-6-10-8(7-11)4-5-9(10)12/h3,6-8H,2,4-5H2,1H3. The lowest BCUT2D eigenvalue weighted by Gasteiger charge is -2.14. The largest absolute Gasteiger partial charge is 0.309 e. The van der Waals surface area contributed by atoms with E-state index >= 15 is 0 Å². The van der Waals surface area contributed by atoms with Crippen molar-refractivity contribution in [1.82, 2.24) is 4.90 Å². The number of carbonyl (C=O) groups is 2. The molecule has 0 spiro atoms. The summed E-state index contributed by atoms with van der Waals surface area (Å²) in [5.41, 5.74) is 0. The third-order valence-corrected chi connectivity index (χ3v) is 1.96. The third kappa shape index (κ3) is 1.72. The van der Waals surface area contributed by atoms with Crippen molar-refractivity contribution in [2.75, 3.05) is 0 Å². The molecule has 0 aromatic heterocycles. The van der Waals surface area contributed by atoms with Gasteiger partial charge in [-0.05, 0) is 12.8 Å². The minimum atomic E-state index is -0.222. The van der Waals surface area contributed by atoms with Crippen molar-refractivity contribution in [1.29, 1.82) is 0 Å². The van der Waals surface area contributed by atoms with Gasteiger partial charge in [-0.3, -0.25) is 4.79 Å². The Bertz CT molecular complexity index is 211. The second-order valence-corrected chi connectivity index (χ2v) is 2.84. The lowest BCUT2D eigenvalue weighted by atomic mass is 10.2. The van der Waals surface area contributed by atoms with Gasteiger partial charge in [0.2, 0.25) is 5.91 Å². The van der Waals surface area contributed by atoms with Crippen LogP contribution in [0.1, 0.15) is 26.2 Å². The van der Waals surface area contributed by atoms with Crippen LogP contribution in [0, 0.1) is 0 Å². The van der Waals surface area contributed by atoms with Crippen molar-refractivity contribution in [3.8, 4) is 0 Å². The lowest BCUT2D eigenvalue weighted by molar-refractivity contribution is -0.128. The highest BCUT2D eigenvalue weighted by atomic mass is 16.2. The first kappa shape index (κ1) is 8.97. The molecule has 66 valence electrons. The highest BCUT2D eigenvalue weighted by Crippen LogP contribution is 2.17. The average Bonchev–Trinajstić information content (AvgIpc) is 2.43. The van der Waals surface area contributed by atoms with Crippen LogP contribution < -0.4 is 0 Å². The number of hydrogen-bond donors (Lipinski definition) is 0. The highest BCUT2D eigenvalue weighted by Gasteiger charge is 2.28. The van der Waals surface area contributed by atoms with E-state index in [0.717, 1.165) is 12.7 Å². The minimum absolute atomic E-state index is 0.0526. The number of aldehydes is 1. The van der Waals surface area contributed by atoms with Crippen LogP contribution in [0.4, 0.5) is 0 Å². The van der Waals surface area contributed by atoms with Crippen LogP contribution in [0.15, 0.2) is 12.3 Å². The van der Waals surface area contributed by atoms with Crippen LogP contribution in [-0.2, 0) is 9.59 Å². The quantitative estimate of drug-likeness (QED) is 0.590. The smallest absolute Gasteiger partial charge is 0.227 e. The number of allylic oxidation sites excluding steroid dienone is 1. The Morgan fingerprint density at radius 1 is 1.67 bits per heavy atom. The van der Waals surface area contributed by atoms with E-state index in [1.165, 1.54) is 4.90 Å². The van der Waals surface area contributed by atoms with E-state index in [1.54, 1.807) is 6.20 Å². The molecule has 0 radical (unpaired) electrons. The van der Waals surface area contributed by atoms with Gasteiger partial charge in [0.25, 0.3) is 0 Å². The van der Waals surface area contributed by atoms with E-state index in [-0.39, 0.29) is 11.9 Å². The topological polar surface area (TPSA) is 37.4 Å². The lowest BCUT2D eigenvalue weighted by Crippen LogP contribution is -2.28. The molecule has 3 nitrogen and oxygen atoms in total. The van der Waals surface area contributed by atoms with Crippen LogP contribution in [-0.4, -0.2) is 23.1 Å². The predicted octanol–water partition coefficient (Wildman–Crippen LogP) is 1.10. The van der Waals surface area contributed by atoms with Gasteiger partial charge in [0, 0.05) is 12.6 Å². The molecule has 0 N–H and O–H groups in total. The van der Waals surface area contributed by atoms with Crippen molar-refractivity contribution in [2.45, 2.75) is 32.2 Å². The molecule has 12 heavy (non-hydrogen) atoms. The summed E-state index contributed by atoms with van der Waals surface area (Å²) in [6, 6.07) is -0.222. The van der Waals surface area contributed by atoms with E-state index in [0.29, 0.717) is 12.8 Å². The van der Waals surface area contributed by atoms with E-state index in [1.807, 2.05) is 13.0 Å². The molecule has 1 aliphatic heterocycles. The first-order valence-electron chi connectivity index (χ1n) is 4.22. The van der Waals surface area contributed by atoms with Crippen LogP contribution in [0.25, 0.3) is 0 Å². The summed E-state index contributed by atoms with van der Waals surface area (Å²) in [5.74, 6) is 0.0526. The number of likely N-dealkylation sites (tertiary alicyclic amines) is 1. The van der Waals surface area contributed by atoms with Gasteiger partial charge in [0.05, 0.1) is 6.04 Å². The molecule has 0 saturated carbocycles. The molecule has 1 amide bonds. The molecule has 1 saturated heterocycles. The SMILES string of the molecule is CCC=CN1C(=O)CCC1C=O. The summed E-state index contributed by atoms with van der Waals surface area (Å²) in [4.78, 5) is 23.2. The molecule has 1 fully saturated rings. The molecule has 3 heteroatoms. The van der Waals surface area contributed by atoms with Crippen molar-refractivity contribution < 1.29 is 9.59 Å². The molecule has 1 unspecified atom stereocenters. The third-order valence-electron chi connectivity index (χ3n) is 1.96. The average molecular weight is 167 g/mol. The Morgan fingerprint density at radius 2 is 2.42 bits per heavy atom. The van der Waals surface area contributed by atoms with Gasteiger partial charge < -0.3 is 9.69 Å². The van der Waals surface area contributed by atoms with Crippen LogP contribution >= 0.6 is 0 Å². The summed E-state index contributed by atoms with van der Waals surface area (Å²) < 4.78 is 0. The van der Waals surface area contributed by atoms with E-state index in [2.05, 4.69) is 0 Å². The molecule has 1 atom stereocenters. The first-order valence-corrected chi connectivity index (χ1v) is 4.22. The molecular weight excluding hydrogens is 154 g/mol. The monoisotopic (exact) mass is 167 g/mol. The van der Waals surface area contributed by atoms with E-state index in [9.17, 15) is 9.59 Å². The predicted molar refractivity (Wildman–Crippen MR) is 45.4 cm³/mol. The molecule has 1 heterocycles. The number of hydrogen-bond acceptors (Lipinski definition) is 2. The summed E-state index contributed by atoms with van der Waals surface area (Å²) in [5, 5.41) is 0. The second kappa shape index (κ2) is 4.04. The highest BCUT2D eigenvalue weighted by molar-refractivity contribution is 5.84. The molecule has 1 aliphatic rings. The fraction of sp³-hybridized carbons (Fsp3) is 0.556. The van der Waals surface area contributed by atoms with E-state index < -0.39 is 0 Å². The van der Waals surface area contributed by atoms with E-state index in [4.69, 9.17) is 0 Å².